The highest BCUT2D eigenvalue weighted by Crippen LogP contribution is 2.27. The zero-order chi connectivity index (χ0) is 12.5. The average Bonchev–Trinajstić information content (AvgIpc) is 2.97. The van der Waals surface area contributed by atoms with Crippen LogP contribution in [-0.4, -0.2) is 26.0 Å². The Balaban J connectivity index is 2.01. The topological polar surface area (TPSA) is 30.7 Å². The van der Waals surface area contributed by atoms with Crippen LogP contribution in [0, 0.1) is 5.92 Å². The molecule has 1 saturated heterocycles. The molecule has 2 aromatic heterocycles. The lowest BCUT2D eigenvalue weighted by Gasteiger charge is -2.11. The molecule has 0 aromatic carbocycles. The summed E-state index contributed by atoms with van der Waals surface area (Å²) in [5, 5.41) is 0.615. The maximum atomic E-state index is 5.98. The monoisotopic (exact) mass is 301 g/mol. The van der Waals surface area contributed by atoms with Crippen molar-refractivity contribution in [2.75, 3.05) is 11.5 Å². The minimum Gasteiger partial charge on any atom is -0.311 e. The highest BCUT2D eigenvalue weighted by Gasteiger charge is 2.19. The Kier molecular flexibility index (Phi) is 3.68. The van der Waals surface area contributed by atoms with Crippen molar-refractivity contribution in [3.63, 3.8) is 0 Å². The molecule has 18 heavy (non-hydrogen) atoms. The van der Waals surface area contributed by atoms with Crippen LogP contribution < -0.4 is 0 Å². The van der Waals surface area contributed by atoms with Crippen molar-refractivity contribution >= 4 is 46.1 Å². The zero-order valence-corrected chi connectivity index (χ0v) is 12.1. The van der Waals surface area contributed by atoms with Crippen molar-refractivity contribution in [1.29, 1.82) is 0 Å². The number of aromatic nitrogens is 3. The third kappa shape index (κ3) is 2.33. The predicted molar refractivity (Wildman–Crippen MR) is 77.5 cm³/mol. The first-order chi connectivity index (χ1) is 8.78. The molecule has 1 aliphatic heterocycles. The second kappa shape index (κ2) is 5.27. The van der Waals surface area contributed by atoms with E-state index < -0.39 is 0 Å². The van der Waals surface area contributed by atoms with Crippen molar-refractivity contribution < 1.29 is 0 Å². The summed E-state index contributed by atoms with van der Waals surface area (Å²) in [7, 11) is 0. The Bertz CT molecular complexity index is 564. The van der Waals surface area contributed by atoms with Gasteiger partial charge in [-0.1, -0.05) is 11.6 Å². The Labute approximate surface area is 120 Å². The van der Waals surface area contributed by atoms with Crippen molar-refractivity contribution in [1.82, 2.24) is 14.5 Å². The van der Waals surface area contributed by atoms with Gasteiger partial charge in [-0.2, -0.15) is 11.8 Å². The predicted octanol–water partition coefficient (Wildman–Crippen LogP) is 3.58. The third-order valence-electron chi connectivity index (χ3n) is 3.21. The molecule has 6 heteroatoms. The molecule has 0 amide bonds. The molecule has 1 fully saturated rings. The van der Waals surface area contributed by atoms with Gasteiger partial charge >= 0.3 is 0 Å². The van der Waals surface area contributed by atoms with Crippen LogP contribution >= 0.6 is 35.0 Å². The second-order valence-corrected chi connectivity index (χ2v) is 6.35. The molecule has 1 aliphatic rings. The van der Waals surface area contributed by atoms with Crippen LogP contribution in [0.25, 0.3) is 11.2 Å². The maximum absolute atomic E-state index is 5.98. The normalized spacial score (nSPS) is 19.8. The Morgan fingerprint density at radius 1 is 1.50 bits per heavy atom. The SMILES string of the molecule is ClCc1nc2cc(Cl)cnc2n1CC1CCSC1. The summed E-state index contributed by atoms with van der Waals surface area (Å²) in [6, 6.07) is 1.85. The molecule has 0 aliphatic carbocycles. The van der Waals surface area contributed by atoms with E-state index in [4.69, 9.17) is 23.2 Å². The van der Waals surface area contributed by atoms with Gasteiger partial charge in [-0.15, -0.1) is 11.6 Å². The van der Waals surface area contributed by atoms with Crippen LogP contribution in [0.2, 0.25) is 5.02 Å². The largest absolute Gasteiger partial charge is 0.311 e. The number of hydrogen-bond acceptors (Lipinski definition) is 3. The Morgan fingerprint density at radius 3 is 3.11 bits per heavy atom. The molecule has 0 radical (unpaired) electrons. The molecule has 2 aromatic rings. The van der Waals surface area contributed by atoms with E-state index in [1.807, 2.05) is 17.8 Å². The van der Waals surface area contributed by atoms with Gasteiger partial charge in [-0.3, -0.25) is 0 Å². The molecule has 3 nitrogen and oxygen atoms in total. The summed E-state index contributed by atoms with van der Waals surface area (Å²) in [6.07, 6.45) is 2.93. The lowest BCUT2D eigenvalue weighted by Crippen LogP contribution is -2.12. The first-order valence-electron chi connectivity index (χ1n) is 5.92. The fraction of sp³-hybridized carbons (Fsp3) is 0.500. The standard InChI is InChI=1S/C12H13Cl2N3S/c13-4-11-16-10-3-9(14)5-15-12(10)17(11)6-8-1-2-18-7-8/h3,5,8H,1-2,4,6-7H2. The van der Waals surface area contributed by atoms with E-state index in [1.54, 1.807) is 6.20 Å². The average molecular weight is 302 g/mol. The minimum absolute atomic E-state index is 0.411. The number of thioether (sulfide) groups is 1. The molecule has 96 valence electrons. The summed E-state index contributed by atoms with van der Waals surface area (Å²) >= 11 is 13.9. The lowest BCUT2D eigenvalue weighted by atomic mass is 10.1. The number of alkyl halides is 1. The van der Waals surface area contributed by atoms with Crippen LogP contribution in [0.1, 0.15) is 12.2 Å². The highest BCUT2D eigenvalue weighted by molar-refractivity contribution is 7.99. The molecule has 1 atom stereocenters. The molecule has 0 bridgehead atoms. The first-order valence-corrected chi connectivity index (χ1v) is 7.99. The fourth-order valence-electron chi connectivity index (χ4n) is 2.31. The van der Waals surface area contributed by atoms with Gasteiger partial charge in [-0.25, -0.2) is 9.97 Å². The van der Waals surface area contributed by atoms with E-state index in [9.17, 15) is 0 Å². The van der Waals surface area contributed by atoms with Gasteiger partial charge in [0.25, 0.3) is 0 Å². The van der Waals surface area contributed by atoms with E-state index in [0.29, 0.717) is 16.8 Å². The number of imidazole rings is 1. The van der Waals surface area contributed by atoms with Gasteiger partial charge in [0.2, 0.25) is 0 Å². The number of rotatable bonds is 3. The van der Waals surface area contributed by atoms with Crippen molar-refractivity contribution in [2.45, 2.75) is 18.8 Å². The fourth-order valence-corrected chi connectivity index (χ4v) is 3.94. The first kappa shape index (κ1) is 12.6. The third-order valence-corrected chi connectivity index (χ3v) is 4.89. The van der Waals surface area contributed by atoms with Crippen LogP contribution in [-0.2, 0) is 12.4 Å². The molecule has 1 unspecified atom stereocenters. The van der Waals surface area contributed by atoms with Crippen molar-refractivity contribution in [3.05, 3.63) is 23.1 Å². The van der Waals surface area contributed by atoms with Crippen LogP contribution in [0.5, 0.6) is 0 Å². The van der Waals surface area contributed by atoms with E-state index >= 15 is 0 Å². The van der Waals surface area contributed by atoms with E-state index in [1.165, 1.54) is 17.9 Å². The van der Waals surface area contributed by atoms with Gasteiger partial charge in [-0.05, 0) is 29.9 Å². The number of nitrogens with zero attached hydrogens (tertiary/aromatic N) is 3. The van der Waals surface area contributed by atoms with Crippen molar-refractivity contribution in [3.8, 4) is 0 Å². The molecular weight excluding hydrogens is 289 g/mol. The molecular formula is C12H13Cl2N3S. The summed E-state index contributed by atoms with van der Waals surface area (Å²) in [5.41, 5.74) is 1.73. The quantitative estimate of drug-likeness (QED) is 0.812. The maximum Gasteiger partial charge on any atom is 0.160 e. The van der Waals surface area contributed by atoms with Gasteiger partial charge in [0, 0.05) is 12.7 Å². The molecule has 3 heterocycles. The van der Waals surface area contributed by atoms with Gasteiger partial charge in [0.05, 0.1) is 10.9 Å². The molecule has 3 rings (SSSR count). The van der Waals surface area contributed by atoms with Crippen LogP contribution in [0.4, 0.5) is 0 Å². The summed E-state index contributed by atoms with van der Waals surface area (Å²) in [5.74, 6) is 4.47. The number of halogens is 2. The van der Waals surface area contributed by atoms with Crippen molar-refractivity contribution in [2.24, 2.45) is 5.92 Å². The Morgan fingerprint density at radius 2 is 2.39 bits per heavy atom. The number of hydrogen-bond donors (Lipinski definition) is 0. The van der Waals surface area contributed by atoms with E-state index in [-0.39, 0.29) is 0 Å². The summed E-state index contributed by atoms with van der Waals surface area (Å²) in [4.78, 5) is 8.91. The smallest absolute Gasteiger partial charge is 0.160 e. The number of fused-ring (bicyclic) bond motifs is 1. The van der Waals surface area contributed by atoms with Gasteiger partial charge in [0.1, 0.15) is 11.3 Å². The molecule has 0 saturated carbocycles. The van der Waals surface area contributed by atoms with E-state index in [2.05, 4.69) is 14.5 Å². The summed E-state index contributed by atoms with van der Waals surface area (Å²) in [6.45, 7) is 0.959. The highest BCUT2D eigenvalue weighted by atomic mass is 35.5. The zero-order valence-electron chi connectivity index (χ0n) is 9.77. The summed E-state index contributed by atoms with van der Waals surface area (Å²) < 4.78 is 2.15. The second-order valence-electron chi connectivity index (χ2n) is 4.50. The molecule has 0 N–H and O–H groups in total. The Hall–Kier alpha value is -0.450. The molecule has 0 spiro atoms. The van der Waals surface area contributed by atoms with E-state index in [0.717, 1.165) is 23.5 Å². The van der Waals surface area contributed by atoms with Gasteiger partial charge in [0.15, 0.2) is 5.65 Å². The van der Waals surface area contributed by atoms with Crippen LogP contribution in [0.15, 0.2) is 12.3 Å². The van der Waals surface area contributed by atoms with Crippen LogP contribution in [0.3, 0.4) is 0 Å². The number of pyridine rings is 1. The minimum atomic E-state index is 0.411. The van der Waals surface area contributed by atoms with Gasteiger partial charge < -0.3 is 4.57 Å². The lowest BCUT2D eigenvalue weighted by molar-refractivity contribution is 0.491.